The number of hydrogen-bond donors (Lipinski definition) is 1. The Morgan fingerprint density at radius 2 is 1.81 bits per heavy atom. The molecule has 0 amide bonds. The van der Waals surface area contributed by atoms with E-state index in [0.717, 1.165) is 22.3 Å². The Balaban J connectivity index is 2.63. The lowest BCUT2D eigenvalue weighted by Gasteiger charge is -2.29. The predicted octanol–water partition coefficient (Wildman–Crippen LogP) is 3.07. The number of benzene rings is 2. The molecule has 0 bridgehead atoms. The third kappa shape index (κ3) is 2.83. The summed E-state index contributed by atoms with van der Waals surface area (Å²) in [7, 11) is 0. The minimum absolute atomic E-state index is 0.301. The molecular formula is C18H21NO2. The highest BCUT2D eigenvalue weighted by Gasteiger charge is 2.40. The van der Waals surface area contributed by atoms with E-state index >= 15 is 0 Å². The molecule has 0 saturated heterocycles. The normalized spacial score (nSPS) is 13.5. The van der Waals surface area contributed by atoms with Crippen molar-refractivity contribution in [2.24, 2.45) is 5.73 Å². The highest BCUT2D eigenvalue weighted by Crippen LogP contribution is 2.31. The molecule has 2 N–H and O–H groups in total. The van der Waals surface area contributed by atoms with Crippen LogP contribution in [0, 0.1) is 13.8 Å². The number of nitrogens with two attached hydrogens (primary N) is 1. The van der Waals surface area contributed by atoms with E-state index in [4.69, 9.17) is 10.5 Å². The van der Waals surface area contributed by atoms with Gasteiger partial charge in [0.15, 0.2) is 5.54 Å². The molecule has 0 aliphatic carbocycles. The molecule has 0 aliphatic rings. The van der Waals surface area contributed by atoms with Crippen molar-refractivity contribution >= 4 is 5.97 Å². The average Bonchev–Trinajstić information content (AvgIpc) is 2.47. The van der Waals surface area contributed by atoms with Gasteiger partial charge < -0.3 is 10.5 Å². The van der Waals surface area contributed by atoms with Gasteiger partial charge in [-0.25, -0.2) is 4.79 Å². The Labute approximate surface area is 125 Å². The van der Waals surface area contributed by atoms with E-state index < -0.39 is 11.5 Å². The number of rotatable bonds is 4. The molecular weight excluding hydrogens is 262 g/mol. The molecule has 2 aromatic carbocycles. The van der Waals surface area contributed by atoms with Crippen molar-refractivity contribution in [1.82, 2.24) is 0 Å². The van der Waals surface area contributed by atoms with Crippen molar-refractivity contribution < 1.29 is 9.53 Å². The molecule has 1 atom stereocenters. The fourth-order valence-corrected chi connectivity index (χ4v) is 2.59. The summed E-state index contributed by atoms with van der Waals surface area (Å²) in [4.78, 5) is 12.6. The van der Waals surface area contributed by atoms with Gasteiger partial charge in [0.05, 0.1) is 6.61 Å². The van der Waals surface area contributed by atoms with E-state index in [1.165, 1.54) is 0 Å². The highest BCUT2D eigenvalue weighted by molar-refractivity contribution is 5.87. The summed E-state index contributed by atoms with van der Waals surface area (Å²) in [5, 5.41) is 0. The van der Waals surface area contributed by atoms with E-state index in [-0.39, 0.29) is 0 Å². The van der Waals surface area contributed by atoms with E-state index in [1.807, 2.05) is 62.4 Å². The molecule has 3 heteroatoms. The molecule has 0 fully saturated rings. The second kappa shape index (κ2) is 6.10. The minimum atomic E-state index is -1.28. The Bertz CT molecular complexity index is 637. The van der Waals surface area contributed by atoms with Gasteiger partial charge in [0, 0.05) is 0 Å². The van der Waals surface area contributed by atoms with E-state index in [9.17, 15) is 4.79 Å². The topological polar surface area (TPSA) is 52.3 Å². The van der Waals surface area contributed by atoms with Crippen LogP contribution in [0.15, 0.2) is 48.5 Å². The zero-order valence-corrected chi connectivity index (χ0v) is 12.7. The van der Waals surface area contributed by atoms with Crippen LogP contribution in [0.3, 0.4) is 0 Å². The Morgan fingerprint density at radius 3 is 2.38 bits per heavy atom. The van der Waals surface area contributed by atoms with Gasteiger partial charge in [-0.3, -0.25) is 0 Å². The van der Waals surface area contributed by atoms with E-state index in [1.54, 1.807) is 6.92 Å². The van der Waals surface area contributed by atoms with Crippen molar-refractivity contribution in [1.29, 1.82) is 0 Å². The summed E-state index contributed by atoms with van der Waals surface area (Å²) >= 11 is 0. The van der Waals surface area contributed by atoms with Crippen molar-refractivity contribution in [2.45, 2.75) is 26.3 Å². The van der Waals surface area contributed by atoms with Gasteiger partial charge in [-0.15, -0.1) is 0 Å². The second-order valence-electron chi connectivity index (χ2n) is 5.21. The molecule has 0 aliphatic heterocycles. The first-order valence-corrected chi connectivity index (χ1v) is 7.09. The highest BCUT2D eigenvalue weighted by atomic mass is 16.5. The van der Waals surface area contributed by atoms with Crippen LogP contribution >= 0.6 is 0 Å². The van der Waals surface area contributed by atoms with Crippen LogP contribution in [-0.4, -0.2) is 12.6 Å². The van der Waals surface area contributed by atoms with Crippen LogP contribution in [0.2, 0.25) is 0 Å². The van der Waals surface area contributed by atoms with Crippen LogP contribution in [0.4, 0.5) is 0 Å². The molecule has 2 aromatic rings. The van der Waals surface area contributed by atoms with Gasteiger partial charge in [0.25, 0.3) is 0 Å². The first-order valence-electron chi connectivity index (χ1n) is 7.09. The zero-order chi connectivity index (χ0) is 15.5. The SMILES string of the molecule is CCOC(=O)C(N)(c1ccccc1)c1ccc(C)cc1C. The molecule has 0 spiro atoms. The first-order chi connectivity index (χ1) is 10.00. The standard InChI is InChI=1S/C18H21NO2/c1-4-21-17(20)18(19,15-8-6-5-7-9-15)16-11-10-13(2)12-14(16)3/h5-12H,4,19H2,1-3H3. The quantitative estimate of drug-likeness (QED) is 0.877. The van der Waals surface area contributed by atoms with Crippen molar-refractivity contribution in [3.05, 3.63) is 70.8 Å². The second-order valence-corrected chi connectivity index (χ2v) is 5.21. The number of aryl methyl sites for hydroxylation is 2. The van der Waals surface area contributed by atoms with Crippen LogP contribution in [0.1, 0.15) is 29.2 Å². The summed E-state index contributed by atoms with van der Waals surface area (Å²) in [5.74, 6) is -0.428. The van der Waals surface area contributed by atoms with Crippen LogP contribution in [0.25, 0.3) is 0 Å². The monoisotopic (exact) mass is 283 g/mol. The molecule has 0 radical (unpaired) electrons. The van der Waals surface area contributed by atoms with Crippen LogP contribution in [0.5, 0.6) is 0 Å². The first kappa shape index (κ1) is 15.3. The van der Waals surface area contributed by atoms with E-state index in [2.05, 4.69) is 0 Å². The third-order valence-corrected chi connectivity index (χ3v) is 3.63. The minimum Gasteiger partial charge on any atom is -0.464 e. The van der Waals surface area contributed by atoms with Gasteiger partial charge >= 0.3 is 5.97 Å². The zero-order valence-electron chi connectivity index (χ0n) is 12.7. The fourth-order valence-electron chi connectivity index (χ4n) is 2.59. The number of carbonyl (C=O) groups excluding carboxylic acids is 1. The van der Waals surface area contributed by atoms with Gasteiger partial charge in [-0.05, 0) is 37.5 Å². The Hall–Kier alpha value is -2.13. The lowest BCUT2D eigenvalue weighted by atomic mass is 9.81. The maximum absolute atomic E-state index is 12.6. The Kier molecular flexibility index (Phi) is 4.43. The smallest absolute Gasteiger partial charge is 0.335 e. The van der Waals surface area contributed by atoms with Crippen LogP contribution in [-0.2, 0) is 15.1 Å². The van der Waals surface area contributed by atoms with E-state index in [0.29, 0.717) is 6.61 Å². The predicted molar refractivity (Wildman–Crippen MR) is 84.0 cm³/mol. The molecule has 3 nitrogen and oxygen atoms in total. The van der Waals surface area contributed by atoms with Crippen molar-refractivity contribution in [2.75, 3.05) is 6.61 Å². The molecule has 21 heavy (non-hydrogen) atoms. The number of carbonyl (C=O) groups is 1. The maximum Gasteiger partial charge on any atom is 0.335 e. The van der Waals surface area contributed by atoms with Crippen molar-refractivity contribution in [3.63, 3.8) is 0 Å². The van der Waals surface area contributed by atoms with Gasteiger partial charge in [-0.1, -0.05) is 54.1 Å². The molecule has 1 unspecified atom stereocenters. The third-order valence-electron chi connectivity index (χ3n) is 3.63. The lowest BCUT2D eigenvalue weighted by Crippen LogP contribution is -2.47. The summed E-state index contributed by atoms with van der Waals surface area (Å²) < 4.78 is 5.24. The molecule has 0 saturated carbocycles. The number of esters is 1. The van der Waals surface area contributed by atoms with Gasteiger partial charge in [0.2, 0.25) is 0 Å². The largest absolute Gasteiger partial charge is 0.464 e. The number of ether oxygens (including phenoxy) is 1. The molecule has 0 heterocycles. The molecule has 110 valence electrons. The molecule has 2 rings (SSSR count). The summed E-state index contributed by atoms with van der Waals surface area (Å²) in [6, 6.07) is 15.3. The van der Waals surface area contributed by atoms with Crippen LogP contribution < -0.4 is 5.73 Å². The lowest BCUT2D eigenvalue weighted by molar-refractivity contribution is -0.148. The number of hydrogen-bond acceptors (Lipinski definition) is 3. The molecule has 0 aromatic heterocycles. The summed E-state index contributed by atoms with van der Waals surface area (Å²) in [5.41, 5.74) is 8.89. The van der Waals surface area contributed by atoms with Gasteiger partial charge in [0.1, 0.15) is 0 Å². The maximum atomic E-state index is 12.6. The van der Waals surface area contributed by atoms with Gasteiger partial charge in [-0.2, -0.15) is 0 Å². The van der Waals surface area contributed by atoms with Crippen molar-refractivity contribution in [3.8, 4) is 0 Å². The summed E-state index contributed by atoms with van der Waals surface area (Å²) in [6.07, 6.45) is 0. The summed E-state index contributed by atoms with van der Waals surface area (Å²) in [6.45, 7) is 6.06. The average molecular weight is 283 g/mol. The Morgan fingerprint density at radius 1 is 1.14 bits per heavy atom. The fraction of sp³-hybridized carbons (Fsp3) is 0.278.